The van der Waals surface area contributed by atoms with Gasteiger partial charge in [0.25, 0.3) is 0 Å². The van der Waals surface area contributed by atoms with Crippen LogP contribution in [0.4, 0.5) is 0 Å². The third-order valence-electron chi connectivity index (χ3n) is 2.80. The maximum Gasteiger partial charge on any atom is 0.0595 e. The Morgan fingerprint density at radius 3 is 2.38 bits per heavy atom. The molecule has 0 fully saturated rings. The fourth-order valence-corrected chi connectivity index (χ4v) is 2.07. The Balaban J connectivity index is 2.57. The van der Waals surface area contributed by atoms with Crippen molar-refractivity contribution in [1.29, 1.82) is 0 Å². The minimum absolute atomic E-state index is 0.550. The quantitative estimate of drug-likeness (QED) is 0.820. The van der Waals surface area contributed by atoms with Gasteiger partial charge in [-0.15, -0.1) is 0 Å². The van der Waals surface area contributed by atoms with Crippen molar-refractivity contribution in [1.82, 2.24) is 5.32 Å². The molecule has 0 aromatic heterocycles. The summed E-state index contributed by atoms with van der Waals surface area (Å²) in [5, 5.41) is 4.77. The van der Waals surface area contributed by atoms with E-state index in [4.69, 9.17) is 23.2 Å². The molecule has 1 aromatic rings. The molecule has 1 N–H and O–H groups in total. The lowest BCUT2D eigenvalue weighted by atomic mass is 10.0. The van der Waals surface area contributed by atoms with Gasteiger partial charge in [0.15, 0.2) is 0 Å². The van der Waals surface area contributed by atoms with Crippen molar-refractivity contribution < 1.29 is 0 Å². The Morgan fingerprint density at radius 2 is 1.88 bits per heavy atom. The summed E-state index contributed by atoms with van der Waals surface area (Å²) in [7, 11) is 0. The summed E-state index contributed by atoms with van der Waals surface area (Å²) in [6.07, 6.45) is 1.14. The molecular formula is C13H19Cl2N. The van der Waals surface area contributed by atoms with Crippen molar-refractivity contribution in [3.63, 3.8) is 0 Å². The van der Waals surface area contributed by atoms with Gasteiger partial charge >= 0.3 is 0 Å². The highest BCUT2D eigenvalue weighted by Crippen LogP contribution is 2.22. The van der Waals surface area contributed by atoms with E-state index in [2.05, 4.69) is 26.1 Å². The van der Waals surface area contributed by atoms with E-state index in [-0.39, 0.29) is 0 Å². The molecule has 1 nitrogen and oxygen atoms in total. The Labute approximate surface area is 108 Å². The number of halogens is 2. The fourth-order valence-electron chi connectivity index (χ4n) is 1.75. The molecule has 0 saturated heterocycles. The lowest BCUT2D eigenvalue weighted by Gasteiger charge is -2.20. The molecule has 0 saturated carbocycles. The highest BCUT2D eigenvalue weighted by Gasteiger charge is 2.10. The van der Waals surface area contributed by atoms with Crippen LogP contribution in [-0.2, 0) is 6.54 Å². The van der Waals surface area contributed by atoms with E-state index < -0.39 is 0 Å². The molecule has 0 heterocycles. The molecule has 90 valence electrons. The Bertz CT molecular complexity index is 337. The van der Waals surface area contributed by atoms with Crippen molar-refractivity contribution in [2.45, 2.75) is 39.8 Å². The normalized spacial score (nSPS) is 13.1. The van der Waals surface area contributed by atoms with E-state index in [9.17, 15) is 0 Å². The van der Waals surface area contributed by atoms with Gasteiger partial charge in [-0.1, -0.05) is 50.0 Å². The second kappa shape index (κ2) is 6.48. The average molecular weight is 260 g/mol. The maximum atomic E-state index is 5.97. The van der Waals surface area contributed by atoms with E-state index in [0.717, 1.165) is 13.0 Å². The smallest absolute Gasteiger partial charge is 0.0595 e. The van der Waals surface area contributed by atoms with Crippen LogP contribution in [-0.4, -0.2) is 6.04 Å². The van der Waals surface area contributed by atoms with Gasteiger partial charge in [-0.3, -0.25) is 0 Å². The summed E-state index contributed by atoms with van der Waals surface area (Å²) in [6, 6.07) is 6.32. The SMILES string of the molecule is CCC(NCc1ccc(Cl)c(Cl)c1)C(C)C. The molecule has 0 bridgehead atoms. The van der Waals surface area contributed by atoms with Crippen LogP contribution in [0.3, 0.4) is 0 Å². The first-order valence-electron chi connectivity index (χ1n) is 5.72. The number of hydrogen-bond donors (Lipinski definition) is 1. The minimum atomic E-state index is 0.550. The first kappa shape index (κ1) is 13.8. The van der Waals surface area contributed by atoms with Crippen molar-refractivity contribution >= 4 is 23.2 Å². The van der Waals surface area contributed by atoms with Gasteiger partial charge in [-0.2, -0.15) is 0 Å². The van der Waals surface area contributed by atoms with Gasteiger partial charge in [0.2, 0.25) is 0 Å². The van der Waals surface area contributed by atoms with Gasteiger partial charge in [-0.05, 0) is 30.0 Å². The third kappa shape index (κ3) is 3.97. The van der Waals surface area contributed by atoms with Gasteiger partial charge in [0, 0.05) is 12.6 Å². The lowest BCUT2D eigenvalue weighted by Crippen LogP contribution is -2.32. The number of rotatable bonds is 5. The Hall–Kier alpha value is -0.240. The molecule has 1 unspecified atom stereocenters. The molecule has 3 heteroatoms. The first-order chi connectivity index (χ1) is 7.54. The van der Waals surface area contributed by atoms with Crippen LogP contribution >= 0.6 is 23.2 Å². The topological polar surface area (TPSA) is 12.0 Å². The van der Waals surface area contributed by atoms with Crippen molar-refractivity contribution in [2.24, 2.45) is 5.92 Å². The number of benzene rings is 1. The Morgan fingerprint density at radius 1 is 1.19 bits per heavy atom. The first-order valence-corrected chi connectivity index (χ1v) is 6.47. The molecule has 16 heavy (non-hydrogen) atoms. The van der Waals surface area contributed by atoms with E-state index >= 15 is 0 Å². The maximum absolute atomic E-state index is 5.97. The summed E-state index contributed by atoms with van der Waals surface area (Å²) < 4.78 is 0. The van der Waals surface area contributed by atoms with Gasteiger partial charge < -0.3 is 5.32 Å². The molecule has 1 atom stereocenters. The van der Waals surface area contributed by atoms with E-state index in [1.165, 1.54) is 5.56 Å². The average Bonchev–Trinajstić information content (AvgIpc) is 2.23. The third-order valence-corrected chi connectivity index (χ3v) is 3.54. The zero-order chi connectivity index (χ0) is 12.1. The minimum Gasteiger partial charge on any atom is -0.310 e. The highest BCUT2D eigenvalue weighted by atomic mass is 35.5. The molecule has 0 aliphatic rings. The van der Waals surface area contributed by atoms with E-state index in [1.54, 1.807) is 0 Å². The van der Waals surface area contributed by atoms with Crippen molar-refractivity contribution in [2.75, 3.05) is 0 Å². The molecule has 0 radical (unpaired) electrons. The fraction of sp³-hybridized carbons (Fsp3) is 0.538. The molecular weight excluding hydrogens is 241 g/mol. The predicted molar refractivity (Wildman–Crippen MR) is 72.2 cm³/mol. The standard InChI is InChI=1S/C13H19Cl2N/c1-4-13(9(2)3)16-8-10-5-6-11(14)12(15)7-10/h5-7,9,13,16H,4,8H2,1-3H3. The van der Waals surface area contributed by atoms with E-state index in [0.29, 0.717) is 22.0 Å². The van der Waals surface area contributed by atoms with Gasteiger partial charge in [-0.25, -0.2) is 0 Å². The lowest BCUT2D eigenvalue weighted by molar-refractivity contribution is 0.387. The number of nitrogens with one attached hydrogen (secondary N) is 1. The molecule has 0 aliphatic heterocycles. The van der Waals surface area contributed by atoms with Crippen LogP contribution in [0.5, 0.6) is 0 Å². The van der Waals surface area contributed by atoms with Crippen LogP contribution in [0.2, 0.25) is 10.0 Å². The van der Waals surface area contributed by atoms with Crippen LogP contribution in [0.15, 0.2) is 18.2 Å². The molecule has 1 aromatic carbocycles. The predicted octanol–water partition coefficient (Wildman–Crippen LogP) is 4.52. The van der Waals surface area contributed by atoms with E-state index in [1.807, 2.05) is 18.2 Å². The Kier molecular flexibility index (Phi) is 5.60. The van der Waals surface area contributed by atoms with Crippen LogP contribution in [0.1, 0.15) is 32.8 Å². The largest absolute Gasteiger partial charge is 0.310 e. The summed E-state index contributed by atoms with van der Waals surface area (Å²) >= 11 is 11.8. The molecule has 0 aliphatic carbocycles. The summed E-state index contributed by atoms with van der Waals surface area (Å²) in [5.74, 6) is 0.646. The monoisotopic (exact) mass is 259 g/mol. The molecule has 0 spiro atoms. The summed E-state index contributed by atoms with van der Waals surface area (Å²) in [4.78, 5) is 0. The van der Waals surface area contributed by atoms with Gasteiger partial charge in [0.05, 0.1) is 10.0 Å². The van der Waals surface area contributed by atoms with Crippen LogP contribution in [0.25, 0.3) is 0 Å². The summed E-state index contributed by atoms with van der Waals surface area (Å²) in [6.45, 7) is 7.51. The zero-order valence-corrected chi connectivity index (χ0v) is 11.6. The summed E-state index contributed by atoms with van der Waals surface area (Å²) in [5.41, 5.74) is 1.17. The second-order valence-corrected chi connectivity index (χ2v) is 5.20. The molecule has 1 rings (SSSR count). The van der Waals surface area contributed by atoms with Crippen LogP contribution in [0, 0.1) is 5.92 Å². The van der Waals surface area contributed by atoms with Crippen LogP contribution < -0.4 is 5.32 Å². The van der Waals surface area contributed by atoms with Gasteiger partial charge in [0.1, 0.15) is 0 Å². The van der Waals surface area contributed by atoms with Crippen molar-refractivity contribution in [3.8, 4) is 0 Å². The number of hydrogen-bond acceptors (Lipinski definition) is 1. The van der Waals surface area contributed by atoms with Crippen molar-refractivity contribution in [3.05, 3.63) is 33.8 Å². The second-order valence-electron chi connectivity index (χ2n) is 4.39. The highest BCUT2D eigenvalue weighted by molar-refractivity contribution is 6.42. The zero-order valence-electron chi connectivity index (χ0n) is 10.1. The molecule has 0 amide bonds.